The maximum atomic E-state index is 11.9. The summed E-state index contributed by atoms with van der Waals surface area (Å²) in [6.45, 7) is 2.20. The summed E-state index contributed by atoms with van der Waals surface area (Å²) in [5.74, 6) is 0.146. The Bertz CT molecular complexity index is 368. The van der Waals surface area contributed by atoms with E-state index in [4.69, 9.17) is 0 Å². The van der Waals surface area contributed by atoms with Gasteiger partial charge in [-0.2, -0.15) is 0 Å². The van der Waals surface area contributed by atoms with Gasteiger partial charge < -0.3 is 5.32 Å². The number of carbonyl (C=O) groups is 1. The molecule has 0 aliphatic carbocycles. The second-order valence-electron chi connectivity index (χ2n) is 3.50. The van der Waals surface area contributed by atoms with Crippen LogP contribution in [0.15, 0.2) is 13.6 Å². The molecule has 0 aliphatic rings. The van der Waals surface area contributed by atoms with Crippen molar-refractivity contribution in [3.8, 4) is 0 Å². The number of thiophene rings is 1. The van der Waals surface area contributed by atoms with Crippen molar-refractivity contribution < 1.29 is 4.79 Å². The molecule has 0 bridgehead atoms. The van der Waals surface area contributed by atoms with Gasteiger partial charge in [-0.15, -0.1) is 11.3 Å². The van der Waals surface area contributed by atoms with E-state index in [1.165, 1.54) is 11.3 Å². The molecule has 0 aliphatic heterocycles. The second-order valence-corrected chi connectivity index (χ2v) is 7.25. The van der Waals surface area contributed by atoms with Gasteiger partial charge in [-0.25, -0.2) is 0 Å². The average Bonchev–Trinajstić information content (AvgIpc) is 2.54. The van der Waals surface area contributed by atoms with E-state index in [0.29, 0.717) is 6.54 Å². The Morgan fingerprint density at radius 1 is 1.56 bits per heavy atom. The van der Waals surface area contributed by atoms with Crippen molar-refractivity contribution >= 4 is 49.0 Å². The van der Waals surface area contributed by atoms with Crippen LogP contribution < -0.4 is 5.32 Å². The van der Waals surface area contributed by atoms with E-state index >= 15 is 0 Å². The molecule has 0 spiro atoms. The summed E-state index contributed by atoms with van der Waals surface area (Å²) in [5, 5.41) is 3.06. The van der Waals surface area contributed by atoms with E-state index < -0.39 is 0 Å². The van der Waals surface area contributed by atoms with Crippen LogP contribution >= 0.6 is 43.2 Å². The minimum Gasteiger partial charge on any atom is -0.318 e. The van der Waals surface area contributed by atoms with Gasteiger partial charge in [0.1, 0.15) is 0 Å². The van der Waals surface area contributed by atoms with Crippen LogP contribution in [0.4, 0.5) is 0 Å². The number of carbonyl (C=O) groups excluding carboxylic acids is 1. The maximum Gasteiger partial charge on any atom is 0.178 e. The Hall–Kier alpha value is 0.250. The van der Waals surface area contributed by atoms with E-state index in [9.17, 15) is 4.79 Å². The first-order valence-corrected chi connectivity index (χ1v) is 7.26. The third-order valence-corrected chi connectivity index (χ3v) is 4.45. The maximum absolute atomic E-state index is 11.9. The van der Waals surface area contributed by atoms with Crippen LogP contribution in [0.1, 0.15) is 10.4 Å². The van der Waals surface area contributed by atoms with Gasteiger partial charge in [-0.05, 0) is 52.0 Å². The fourth-order valence-electron chi connectivity index (χ4n) is 1.24. The van der Waals surface area contributed by atoms with E-state index in [2.05, 4.69) is 37.2 Å². The molecule has 1 heterocycles. The zero-order valence-corrected chi connectivity index (χ0v) is 13.2. The third-order valence-electron chi connectivity index (χ3n) is 2.11. The first kappa shape index (κ1) is 14.3. The number of likely N-dealkylation sites (N-methyl/N-ethyl adjacent to an activating group) is 2. The Morgan fingerprint density at radius 2 is 2.25 bits per heavy atom. The van der Waals surface area contributed by atoms with Crippen LogP contribution in [0.3, 0.4) is 0 Å². The number of halogens is 2. The SMILES string of the molecule is CNCCN(C)CC(=O)c1cc(Br)sc1Br. The van der Waals surface area contributed by atoms with Crippen molar-refractivity contribution in [1.29, 1.82) is 0 Å². The van der Waals surface area contributed by atoms with Gasteiger partial charge in [0.2, 0.25) is 0 Å². The molecule has 0 unspecified atom stereocenters. The van der Waals surface area contributed by atoms with E-state index in [0.717, 1.165) is 26.2 Å². The van der Waals surface area contributed by atoms with E-state index in [-0.39, 0.29) is 5.78 Å². The highest BCUT2D eigenvalue weighted by Gasteiger charge is 2.15. The molecule has 6 heteroatoms. The third kappa shape index (κ3) is 4.25. The summed E-state index contributed by atoms with van der Waals surface area (Å²) < 4.78 is 1.87. The van der Waals surface area contributed by atoms with Crippen LogP contribution in [0.5, 0.6) is 0 Å². The molecular formula is C10H14Br2N2OS. The Morgan fingerprint density at radius 3 is 2.75 bits per heavy atom. The molecule has 0 atom stereocenters. The van der Waals surface area contributed by atoms with Gasteiger partial charge >= 0.3 is 0 Å². The quantitative estimate of drug-likeness (QED) is 0.782. The number of Topliss-reactive ketones (excluding diaryl/α,β-unsaturated/α-hetero) is 1. The number of rotatable bonds is 6. The Balaban J connectivity index is 2.55. The molecule has 90 valence electrons. The molecule has 1 N–H and O–H groups in total. The summed E-state index contributed by atoms with van der Waals surface area (Å²) in [6.07, 6.45) is 0. The summed E-state index contributed by atoms with van der Waals surface area (Å²) in [6, 6.07) is 1.86. The highest BCUT2D eigenvalue weighted by atomic mass is 79.9. The molecule has 3 nitrogen and oxygen atoms in total. The van der Waals surface area contributed by atoms with Crippen molar-refractivity contribution in [3.05, 3.63) is 19.2 Å². The smallest absolute Gasteiger partial charge is 0.178 e. The van der Waals surface area contributed by atoms with Crippen molar-refractivity contribution in [2.45, 2.75) is 0 Å². The van der Waals surface area contributed by atoms with Crippen molar-refractivity contribution in [1.82, 2.24) is 10.2 Å². The summed E-state index contributed by atoms with van der Waals surface area (Å²) in [7, 11) is 3.85. The molecule has 0 amide bonds. The lowest BCUT2D eigenvalue weighted by Crippen LogP contribution is -2.31. The molecule has 0 fully saturated rings. The predicted octanol–water partition coefficient (Wildman–Crippen LogP) is 2.61. The van der Waals surface area contributed by atoms with Crippen LogP contribution in [0.25, 0.3) is 0 Å². The largest absolute Gasteiger partial charge is 0.318 e. The molecule has 0 aromatic carbocycles. The first-order valence-electron chi connectivity index (χ1n) is 4.85. The Kier molecular flexibility index (Phi) is 6.13. The highest BCUT2D eigenvalue weighted by molar-refractivity contribution is 9.12. The fourth-order valence-corrected chi connectivity index (χ4v) is 4.10. The predicted molar refractivity (Wildman–Crippen MR) is 75.5 cm³/mol. The van der Waals surface area contributed by atoms with Crippen LogP contribution in [-0.2, 0) is 0 Å². The van der Waals surface area contributed by atoms with Gasteiger partial charge in [0.25, 0.3) is 0 Å². The number of nitrogens with zero attached hydrogens (tertiary/aromatic N) is 1. The number of hydrogen-bond donors (Lipinski definition) is 1. The minimum absolute atomic E-state index is 0.146. The Labute approximate surface area is 116 Å². The zero-order chi connectivity index (χ0) is 12.1. The number of ketones is 1. The van der Waals surface area contributed by atoms with Crippen molar-refractivity contribution in [2.75, 3.05) is 33.7 Å². The van der Waals surface area contributed by atoms with Crippen LogP contribution in [0, 0.1) is 0 Å². The molecule has 0 saturated carbocycles. The van der Waals surface area contributed by atoms with E-state index in [1.54, 1.807) is 0 Å². The average molecular weight is 370 g/mol. The van der Waals surface area contributed by atoms with Gasteiger partial charge in [-0.3, -0.25) is 9.69 Å². The van der Waals surface area contributed by atoms with Gasteiger partial charge in [0.15, 0.2) is 5.78 Å². The lowest BCUT2D eigenvalue weighted by atomic mass is 10.2. The topological polar surface area (TPSA) is 32.3 Å². The summed E-state index contributed by atoms with van der Waals surface area (Å²) >= 11 is 8.29. The molecular weight excluding hydrogens is 356 g/mol. The molecule has 1 aromatic heterocycles. The molecule has 0 saturated heterocycles. The highest BCUT2D eigenvalue weighted by Crippen LogP contribution is 2.32. The molecule has 0 radical (unpaired) electrons. The lowest BCUT2D eigenvalue weighted by Gasteiger charge is -2.14. The van der Waals surface area contributed by atoms with Crippen molar-refractivity contribution in [3.63, 3.8) is 0 Å². The van der Waals surface area contributed by atoms with Crippen molar-refractivity contribution in [2.24, 2.45) is 0 Å². The lowest BCUT2D eigenvalue weighted by molar-refractivity contribution is 0.0947. The molecule has 1 rings (SSSR count). The zero-order valence-electron chi connectivity index (χ0n) is 9.22. The van der Waals surface area contributed by atoms with Crippen LogP contribution in [0.2, 0.25) is 0 Å². The minimum atomic E-state index is 0.146. The first-order chi connectivity index (χ1) is 7.54. The fraction of sp³-hybridized carbons (Fsp3) is 0.500. The standard InChI is InChI=1S/C10H14Br2N2OS/c1-13-3-4-14(2)6-8(15)7-5-9(11)16-10(7)12/h5,13H,3-4,6H2,1-2H3. The van der Waals surface area contributed by atoms with Gasteiger partial charge in [0, 0.05) is 18.7 Å². The number of nitrogens with one attached hydrogen (secondary N) is 1. The number of hydrogen-bond acceptors (Lipinski definition) is 4. The normalized spacial score (nSPS) is 11.1. The molecule has 16 heavy (non-hydrogen) atoms. The van der Waals surface area contributed by atoms with Gasteiger partial charge in [-0.1, -0.05) is 0 Å². The monoisotopic (exact) mass is 368 g/mol. The summed E-state index contributed by atoms with van der Waals surface area (Å²) in [4.78, 5) is 14.0. The molecule has 1 aromatic rings. The van der Waals surface area contributed by atoms with Crippen LogP contribution in [-0.4, -0.2) is 44.4 Å². The summed E-state index contributed by atoms with van der Waals surface area (Å²) in [5.41, 5.74) is 0.758. The van der Waals surface area contributed by atoms with E-state index in [1.807, 2.05) is 25.1 Å². The van der Waals surface area contributed by atoms with Gasteiger partial charge in [0.05, 0.1) is 14.1 Å². The second kappa shape index (κ2) is 6.86.